The van der Waals surface area contributed by atoms with Crippen LogP contribution >= 0.6 is 0 Å². The molecule has 2 aromatic carbocycles. The molecule has 0 radical (unpaired) electrons. The van der Waals surface area contributed by atoms with E-state index < -0.39 is 0 Å². The van der Waals surface area contributed by atoms with E-state index in [0.717, 1.165) is 90.2 Å². The molecule has 0 fully saturated rings. The Morgan fingerprint density at radius 2 is 0.904 bits per heavy atom. The average molecular weight is 673 g/mol. The molecule has 2 aromatic heterocycles. The van der Waals surface area contributed by atoms with Crippen molar-refractivity contribution in [2.45, 2.75) is 13.8 Å². The van der Waals surface area contributed by atoms with Crippen LogP contribution in [0.4, 0.5) is 0 Å². The fourth-order valence-electron chi connectivity index (χ4n) is 7.05. The zero-order valence-corrected chi connectivity index (χ0v) is 29.5. The smallest absolute Gasteiger partial charge is 0.169 e. The summed E-state index contributed by atoms with van der Waals surface area (Å²) in [6.45, 7) is 4.22. The third-order valence-corrected chi connectivity index (χ3v) is 9.82. The van der Waals surface area contributed by atoms with Crippen molar-refractivity contribution >= 4 is 39.4 Å². The second-order valence-electron chi connectivity index (χ2n) is 13.6. The van der Waals surface area contributed by atoms with Gasteiger partial charge >= 0.3 is 0 Å². The molecule has 0 atom stereocenters. The summed E-state index contributed by atoms with van der Waals surface area (Å²) in [6.07, 6.45) is 25.2. The standard InChI is InChI=1S/C46H36N6/c1-29-5-9-31(10-6-29)43-35-13-14-36(47-35)44(32-11-7-30(2)8-12-32)38-16-18-40(49-38)46(34-23-27-52(4)28-24-34)42-20-19-41(50-42)45(39-17-15-37(43)48-39)33-21-25-51(3)26-22-33/h5-28H,1-4H3. The first-order valence-corrected chi connectivity index (χ1v) is 17.5. The van der Waals surface area contributed by atoms with Gasteiger partial charge in [0.15, 0.2) is 12.4 Å². The minimum absolute atomic E-state index is 0.851. The molecule has 0 spiro atoms. The first-order valence-electron chi connectivity index (χ1n) is 17.5. The summed E-state index contributed by atoms with van der Waals surface area (Å²) in [7, 11) is 4.05. The maximum absolute atomic E-state index is 5.37. The van der Waals surface area contributed by atoms with Crippen LogP contribution in [0.5, 0.6) is 0 Å². The van der Waals surface area contributed by atoms with Crippen LogP contribution in [0.1, 0.15) is 39.2 Å². The van der Waals surface area contributed by atoms with Crippen molar-refractivity contribution in [3.05, 3.63) is 208 Å². The van der Waals surface area contributed by atoms with Crippen LogP contribution in [0.2, 0.25) is 0 Å². The van der Waals surface area contributed by atoms with Crippen molar-refractivity contribution in [2.75, 3.05) is 7.05 Å². The van der Waals surface area contributed by atoms with E-state index in [1.54, 1.807) is 0 Å². The summed E-state index contributed by atoms with van der Waals surface area (Å²) in [5, 5.41) is 0. The van der Waals surface area contributed by atoms with Crippen LogP contribution in [-0.2, 0) is 7.05 Å². The van der Waals surface area contributed by atoms with E-state index in [1.807, 2.05) is 23.6 Å². The molecule has 8 bridgehead atoms. The van der Waals surface area contributed by atoms with E-state index in [1.165, 1.54) is 11.1 Å². The molecule has 52 heavy (non-hydrogen) atoms. The molecule has 9 rings (SSSR count). The van der Waals surface area contributed by atoms with Crippen LogP contribution in [-0.4, -0.2) is 29.1 Å². The lowest BCUT2D eigenvalue weighted by Gasteiger charge is -2.21. The molecule has 6 nitrogen and oxygen atoms in total. The van der Waals surface area contributed by atoms with Crippen LogP contribution in [0.15, 0.2) is 184 Å². The number of allylic oxidation sites excluding steroid dienone is 12. The fraction of sp³-hybridized carbons (Fsp3) is 0.0870. The molecule has 4 aromatic rings. The van der Waals surface area contributed by atoms with Gasteiger partial charge in [-0.15, -0.1) is 11.4 Å². The van der Waals surface area contributed by atoms with Gasteiger partial charge in [-0.2, -0.15) is 0 Å². The van der Waals surface area contributed by atoms with Crippen molar-refractivity contribution in [1.82, 2.24) is 9.88 Å². The number of benzene rings is 2. The Bertz CT molecular complexity index is 2530. The van der Waals surface area contributed by atoms with Gasteiger partial charge in [-0.25, -0.2) is 19.5 Å². The lowest BCUT2D eigenvalue weighted by molar-refractivity contribution is -0.671. The number of pyridine rings is 1. The highest BCUT2D eigenvalue weighted by Crippen LogP contribution is 2.38. The van der Waals surface area contributed by atoms with Gasteiger partial charge in [0.2, 0.25) is 0 Å². The Kier molecular flexibility index (Phi) is 7.58. The number of hydrogen-bond donors (Lipinski definition) is 0. The minimum Gasteiger partial charge on any atom is -0.657 e. The van der Waals surface area contributed by atoms with E-state index in [9.17, 15) is 0 Å². The molecule has 5 aliphatic rings. The van der Waals surface area contributed by atoms with E-state index in [4.69, 9.17) is 20.0 Å². The van der Waals surface area contributed by atoms with Gasteiger partial charge in [-0.3, -0.25) is 0 Å². The van der Waals surface area contributed by atoms with Crippen LogP contribution in [0.25, 0.3) is 22.3 Å². The summed E-state index contributed by atoms with van der Waals surface area (Å²) in [5.41, 5.74) is 17.3. The largest absolute Gasteiger partial charge is 0.657 e. The first kappa shape index (κ1) is 31.3. The first-order chi connectivity index (χ1) is 25.4. The van der Waals surface area contributed by atoms with Crippen LogP contribution < -0.4 is 9.55 Å². The molecule has 5 aliphatic heterocycles. The minimum atomic E-state index is 0.851. The van der Waals surface area contributed by atoms with Gasteiger partial charge in [-0.05, 0) is 95.9 Å². The van der Waals surface area contributed by atoms with Crippen molar-refractivity contribution in [1.29, 1.82) is 0 Å². The predicted molar refractivity (Wildman–Crippen MR) is 212 cm³/mol. The zero-order chi connectivity index (χ0) is 35.3. The van der Waals surface area contributed by atoms with Crippen LogP contribution in [0, 0.1) is 13.8 Å². The Morgan fingerprint density at radius 3 is 1.40 bits per heavy atom. The highest BCUT2D eigenvalue weighted by Gasteiger charge is 2.25. The van der Waals surface area contributed by atoms with Gasteiger partial charge in [0.05, 0.1) is 34.2 Å². The van der Waals surface area contributed by atoms with Crippen molar-refractivity contribution in [3.8, 4) is 0 Å². The molecule has 0 saturated carbocycles. The lowest BCUT2D eigenvalue weighted by Crippen LogP contribution is -2.25. The number of nitrogens with zero attached hydrogens (tertiary/aromatic N) is 6. The molecule has 6 heteroatoms. The number of fused-ring (bicyclic) bond motifs is 5. The molecule has 0 saturated heterocycles. The number of rotatable bonds is 3. The van der Waals surface area contributed by atoms with E-state index in [0.29, 0.717) is 0 Å². The molecule has 7 heterocycles. The maximum atomic E-state index is 5.37. The molecule has 250 valence electrons. The zero-order valence-electron chi connectivity index (χ0n) is 29.5. The highest BCUT2D eigenvalue weighted by atomic mass is 15.0. The summed E-state index contributed by atoms with van der Waals surface area (Å²) >= 11 is 0. The molecule has 0 unspecified atom stereocenters. The lowest BCUT2D eigenvalue weighted by atomic mass is 9.97. The van der Waals surface area contributed by atoms with Crippen LogP contribution in [0.3, 0.4) is 0 Å². The summed E-state index contributed by atoms with van der Waals surface area (Å²) < 4.78 is 2.04. The normalized spacial score (nSPS) is 17.6. The van der Waals surface area contributed by atoms with Gasteiger partial charge < -0.3 is 9.88 Å². The Morgan fingerprint density at radius 1 is 0.481 bits per heavy atom. The number of aryl methyl sites for hydroxylation is 3. The number of hydrogen-bond acceptors (Lipinski definition) is 4. The molecule has 0 aliphatic carbocycles. The fourth-order valence-corrected chi connectivity index (χ4v) is 7.05. The third-order valence-electron chi connectivity index (χ3n) is 9.82. The molecular weight excluding hydrogens is 637 g/mol. The molecular formula is C46H36N6. The Balaban J connectivity index is 1.36. The van der Waals surface area contributed by atoms with Gasteiger partial charge in [0, 0.05) is 42.7 Å². The van der Waals surface area contributed by atoms with Crippen molar-refractivity contribution in [2.24, 2.45) is 22.0 Å². The predicted octanol–water partition coefficient (Wildman–Crippen LogP) is 8.44. The SMILES string of the molecule is Cc1ccc(C2=C3C=CC(=N3)C(c3ccc(C)cc3)=C3C=CC(=N3)C(=C3C=CN(C)C=C3)c3ccc([n-]3)C(c3cc[n+](C)cc3)=C3C=CC2=N3)cc1. The summed E-state index contributed by atoms with van der Waals surface area (Å²) in [6, 6.07) is 25.7. The quantitative estimate of drug-likeness (QED) is 0.205. The summed E-state index contributed by atoms with van der Waals surface area (Å²) in [5.74, 6) is 0. The van der Waals surface area contributed by atoms with Gasteiger partial charge in [0.1, 0.15) is 7.05 Å². The van der Waals surface area contributed by atoms with E-state index in [2.05, 4.69) is 160 Å². The topological polar surface area (TPSA) is 58.3 Å². The highest BCUT2D eigenvalue weighted by molar-refractivity contribution is 6.37. The number of aromatic nitrogens is 2. The van der Waals surface area contributed by atoms with E-state index >= 15 is 0 Å². The van der Waals surface area contributed by atoms with Crippen molar-refractivity contribution < 1.29 is 4.57 Å². The monoisotopic (exact) mass is 672 g/mol. The second-order valence-corrected chi connectivity index (χ2v) is 13.6. The molecule has 0 amide bonds. The Labute approximate surface area is 304 Å². The van der Waals surface area contributed by atoms with E-state index in [-0.39, 0.29) is 0 Å². The third kappa shape index (κ3) is 5.64. The average Bonchev–Trinajstić information content (AvgIpc) is 3.99. The van der Waals surface area contributed by atoms with Gasteiger partial charge in [0.25, 0.3) is 0 Å². The summed E-state index contributed by atoms with van der Waals surface area (Å²) in [4.78, 5) is 23.5. The second kappa shape index (κ2) is 12.6. The van der Waals surface area contributed by atoms with Crippen molar-refractivity contribution in [3.63, 3.8) is 0 Å². The van der Waals surface area contributed by atoms with Gasteiger partial charge in [-0.1, -0.05) is 71.8 Å². The molecule has 0 N–H and O–H groups in total. The maximum Gasteiger partial charge on any atom is 0.169 e. The number of aliphatic imine (C=N–C) groups is 3. The Hall–Kier alpha value is -6.66.